The van der Waals surface area contributed by atoms with Gasteiger partial charge in [-0.1, -0.05) is 13.3 Å². The van der Waals surface area contributed by atoms with Gasteiger partial charge in [0.25, 0.3) is 0 Å². The summed E-state index contributed by atoms with van der Waals surface area (Å²) >= 11 is 0. The average Bonchev–Trinajstić information content (AvgIpc) is 2.66. The summed E-state index contributed by atoms with van der Waals surface area (Å²) in [6.45, 7) is 7.13. The summed E-state index contributed by atoms with van der Waals surface area (Å²) in [7, 11) is 0. The van der Waals surface area contributed by atoms with Gasteiger partial charge in [0, 0.05) is 25.2 Å². The number of hydrogen-bond donors (Lipinski definition) is 1. The summed E-state index contributed by atoms with van der Waals surface area (Å²) in [6.07, 6.45) is 2.40. The summed E-state index contributed by atoms with van der Waals surface area (Å²) < 4.78 is 11.3. The fourth-order valence-electron chi connectivity index (χ4n) is 6.13. The summed E-state index contributed by atoms with van der Waals surface area (Å²) in [6, 6.07) is 0. The second kappa shape index (κ2) is 5.20. The molecule has 6 unspecified atom stereocenters. The summed E-state index contributed by atoms with van der Waals surface area (Å²) in [5.74, 6) is -1.90. The van der Waals surface area contributed by atoms with Crippen molar-refractivity contribution in [2.45, 2.75) is 71.5 Å². The smallest absolute Gasteiger partial charge is 0.312 e. The van der Waals surface area contributed by atoms with Gasteiger partial charge in [-0.15, -0.1) is 0 Å². The fraction of sp³-hybridized carbons (Fsp3) is 0.833. The van der Waals surface area contributed by atoms with E-state index < -0.39 is 28.4 Å². The molecule has 3 aliphatic rings. The highest BCUT2D eigenvalue weighted by Gasteiger charge is 2.70. The fourth-order valence-corrected chi connectivity index (χ4v) is 6.13. The van der Waals surface area contributed by atoms with Gasteiger partial charge in [-0.25, -0.2) is 0 Å². The lowest BCUT2D eigenvalue weighted by Crippen LogP contribution is -2.62. The zero-order chi connectivity index (χ0) is 17.9. The number of aliphatic carboxylic acids is 1. The monoisotopic (exact) mass is 338 g/mol. The average molecular weight is 338 g/mol. The molecule has 3 fully saturated rings. The van der Waals surface area contributed by atoms with Gasteiger partial charge in [0.05, 0.1) is 11.8 Å². The number of carboxylic acids is 1. The third-order valence-electron chi connectivity index (χ3n) is 6.80. The van der Waals surface area contributed by atoms with Crippen molar-refractivity contribution in [1.29, 1.82) is 0 Å². The highest BCUT2D eigenvalue weighted by Crippen LogP contribution is 2.66. The van der Waals surface area contributed by atoms with Crippen LogP contribution in [-0.2, 0) is 23.9 Å². The molecule has 134 valence electrons. The van der Waals surface area contributed by atoms with Gasteiger partial charge in [0.2, 0.25) is 0 Å². The van der Waals surface area contributed by atoms with Crippen molar-refractivity contribution in [3.63, 3.8) is 0 Å². The molecule has 0 bridgehead atoms. The molecule has 1 heterocycles. The van der Waals surface area contributed by atoms with Gasteiger partial charge in [0.15, 0.2) is 0 Å². The molecular formula is C18H26O6. The molecule has 0 aromatic heterocycles. The topological polar surface area (TPSA) is 89.9 Å². The van der Waals surface area contributed by atoms with Gasteiger partial charge >= 0.3 is 17.9 Å². The highest BCUT2D eigenvalue weighted by atomic mass is 16.6. The van der Waals surface area contributed by atoms with E-state index in [1.54, 1.807) is 6.92 Å². The highest BCUT2D eigenvalue weighted by molar-refractivity contribution is 5.80. The van der Waals surface area contributed by atoms with Crippen LogP contribution in [-0.4, -0.2) is 34.7 Å². The minimum atomic E-state index is -0.941. The van der Waals surface area contributed by atoms with Gasteiger partial charge in [0.1, 0.15) is 11.7 Å². The molecule has 6 nitrogen and oxygen atoms in total. The van der Waals surface area contributed by atoms with Crippen LogP contribution >= 0.6 is 0 Å². The van der Waals surface area contributed by atoms with E-state index in [0.29, 0.717) is 6.42 Å². The first-order valence-corrected chi connectivity index (χ1v) is 8.65. The van der Waals surface area contributed by atoms with Crippen molar-refractivity contribution in [1.82, 2.24) is 0 Å². The Kier molecular flexibility index (Phi) is 3.74. The lowest BCUT2D eigenvalue weighted by Gasteiger charge is -2.59. The molecule has 24 heavy (non-hydrogen) atoms. The van der Waals surface area contributed by atoms with E-state index in [2.05, 4.69) is 6.92 Å². The van der Waals surface area contributed by atoms with Crippen molar-refractivity contribution in [3.05, 3.63) is 0 Å². The minimum absolute atomic E-state index is 0.0285. The summed E-state index contributed by atoms with van der Waals surface area (Å²) in [4.78, 5) is 35.7. The van der Waals surface area contributed by atoms with Crippen LogP contribution in [0.25, 0.3) is 0 Å². The second-order valence-corrected chi connectivity index (χ2v) is 8.46. The molecule has 0 amide bonds. The number of esters is 2. The van der Waals surface area contributed by atoms with E-state index in [-0.39, 0.29) is 30.3 Å². The maximum absolute atomic E-state index is 12.5. The zero-order valence-corrected chi connectivity index (χ0v) is 14.8. The van der Waals surface area contributed by atoms with Gasteiger partial charge in [-0.3, -0.25) is 14.4 Å². The Morgan fingerprint density at radius 3 is 2.54 bits per heavy atom. The first kappa shape index (κ1) is 17.2. The van der Waals surface area contributed by atoms with E-state index in [1.165, 1.54) is 6.92 Å². The third kappa shape index (κ3) is 2.25. The van der Waals surface area contributed by atoms with E-state index in [9.17, 15) is 19.5 Å². The second-order valence-electron chi connectivity index (χ2n) is 8.46. The van der Waals surface area contributed by atoms with Crippen LogP contribution in [0.1, 0.15) is 59.8 Å². The van der Waals surface area contributed by atoms with Crippen molar-refractivity contribution < 1.29 is 29.0 Å². The maximum Gasteiger partial charge on any atom is 0.312 e. The third-order valence-corrected chi connectivity index (χ3v) is 6.80. The molecule has 2 saturated carbocycles. The molecule has 0 spiro atoms. The molecule has 3 rings (SSSR count). The molecule has 0 radical (unpaired) electrons. The molecule has 6 heteroatoms. The van der Waals surface area contributed by atoms with Crippen molar-refractivity contribution in [2.24, 2.45) is 22.7 Å². The number of carbonyl (C=O) groups is 3. The van der Waals surface area contributed by atoms with Crippen molar-refractivity contribution in [2.75, 3.05) is 0 Å². The van der Waals surface area contributed by atoms with Crippen LogP contribution < -0.4 is 0 Å². The zero-order valence-electron chi connectivity index (χ0n) is 14.8. The Balaban J connectivity index is 2.10. The molecular weight excluding hydrogens is 312 g/mol. The van der Waals surface area contributed by atoms with E-state index in [0.717, 1.165) is 19.3 Å². The number of hydrogen-bond acceptors (Lipinski definition) is 5. The van der Waals surface area contributed by atoms with Gasteiger partial charge < -0.3 is 14.6 Å². The Morgan fingerprint density at radius 1 is 1.29 bits per heavy atom. The maximum atomic E-state index is 12.5. The molecule has 0 aromatic carbocycles. The number of ether oxygens (including phenoxy) is 2. The number of rotatable bonds is 3. The van der Waals surface area contributed by atoms with Crippen LogP contribution in [0.4, 0.5) is 0 Å². The minimum Gasteiger partial charge on any atom is -0.481 e. The quantitative estimate of drug-likeness (QED) is 0.795. The van der Waals surface area contributed by atoms with Gasteiger partial charge in [-0.05, 0) is 32.1 Å². The van der Waals surface area contributed by atoms with Gasteiger partial charge in [-0.2, -0.15) is 0 Å². The largest absolute Gasteiger partial charge is 0.481 e. The molecule has 1 N–H and O–H groups in total. The Morgan fingerprint density at radius 2 is 1.96 bits per heavy atom. The van der Waals surface area contributed by atoms with Crippen LogP contribution in [0, 0.1) is 22.7 Å². The molecule has 1 saturated heterocycles. The van der Waals surface area contributed by atoms with Crippen molar-refractivity contribution in [3.8, 4) is 0 Å². The predicted octanol–water partition coefficient (Wildman–Crippen LogP) is 2.54. The Hall–Kier alpha value is -1.59. The first-order chi connectivity index (χ1) is 11.0. The predicted molar refractivity (Wildman–Crippen MR) is 84.0 cm³/mol. The SMILES string of the molecule is CC(=O)OC1(C)CC2OC(=O)C3(C)CCCC(C)(C1CC(=O)O)C23. The molecule has 1 aliphatic heterocycles. The normalized spacial score (nSPS) is 46.8. The van der Waals surface area contributed by atoms with Crippen LogP contribution in [0.15, 0.2) is 0 Å². The van der Waals surface area contributed by atoms with E-state index >= 15 is 0 Å². The lowest BCUT2D eigenvalue weighted by molar-refractivity contribution is -0.209. The number of carboxylic acid groups (broad SMARTS) is 1. The first-order valence-electron chi connectivity index (χ1n) is 8.65. The lowest BCUT2D eigenvalue weighted by atomic mass is 9.45. The van der Waals surface area contributed by atoms with E-state index in [4.69, 9.17) is 9.47 Å². The van der Waals surface area contributed by atoms with E-state index in [1.807, 2.05) is 6.92 Å². The molecule has 2 aliphatic carbocycles. The summed E-state index contributed by atoms with van der Waals surface area (Å²) in [5.41, 5.74) is -1.92. The molecule has 6 atom stereocenters. The Labute approximate surface area is 141 Å². The van der Waals surface area contributed by atoms with Crippen LogP contribution in [0.2, 0.25) is 0 Å². The molecule has 0 aromatic rings. The summed E-state index contributed by atoms with van der Waals surface area (Å²) in [5, 5.41) is 9.46. The number of carbonyl (C=O) groups excluding carboxylic acids is 2. The van der Waals surface area contributed by atoms with Crippen molar-refractivity contribution >= 4 is 17.9 Å². The van der Waals surface area contributed by atoms with Crippen LogP contribution in [0.3, 0.4) is 0 Å². The van der Waals surface area contributed by atoms with Crippen LogP contribution in [0.5, 0.6) is 0 Å². The Bertz CT molecular complexity index is 600. The standard InChI is InChI=1S/C18H26O6/c1-10(19)24-18(4)9-11-14-16(2,12(18)8-13(20)21)6-5-7-17(14,3)15(22)23-11/h11-12,14H,5-9H2,1-4H3,(H,20,21).